The van der Waals surface area contributed by atoms with E-state index in [-0.39, 0.29) is 5.75 Å². The van der Waals surface area contributed by atoms with Crippen LogP contribution >= 0.6 is 0 Å². The molecule has 0 aliphatic heterocycles. The summed E-state index contributed by atoms with van der Waals surface area (Å²) in [6.45, 7) is 3.97. The molecule has 1 aromatic heterocycles. The number of nitrogens with two attached hydrogens (primary N) is 1. The second kappa shape index (κ2) is 3.98. The van der Waals surface area contributed by atoms with Gasteiger partial charge in [-0.2, -0.15) is 0 Å². The van der Waals surface area contributed by atoms with Crippen LogP contribution in [0.3, 0.4) is 0 Å². The van der Waals surface area contributed by atoms with Crippen LogP contribution in [0.25, 0.3) is 11.3 Å². The maximum absolute atomic E-state index is 9.53. The summed E-state index contributed by atoms with van der Waals surface area (Å²) < 4.78 is 5.37. The largest absolute Gasteiger partial charge is 0.508 e. The molecule has 4 nitrogen and oxygen atoms in total. The number of aromatic hydroxyl groups is 1. The van der Waals surface area contributed by atoms with Gasteiger partial charge in [-0.25, -0.2) is 4.98 Å². The summed E-state index contributed by atoms with van der Waals surface area (Å²) in [7, 11) is 0. The lowest BCUT2D eigenvalue weighted by Crippen LogP contribution is -1.97. The Hall–Kier alpha value is -1.81. The van der Waals surface area contributed by atoms with Gasteiger partial charge in [-0.1, -0.05) is 0 Å². The highest BCUT2D eigenvalue weighted by molar-refractivity contribution is 5.63. The number of oxazole rings is 1. The SMILES string of the molecule is Cc1nc(-c2ccc(O)c(CN)c2)c(C)o1. The Bertz CT molecular complexity index is 518. The summed E-state index contributed by atoms with van der Waals surface area (Å²) in [5, 5.41) is 9.53. The predicted molar refractivity (Wildman–Crippen MR) is 61.0 cm³/mol. The zero-order valence-corrected chi connectivity index (χ0v) is 9.32. The van der Waals surface area contributed by atoms with E-state index in [1.807, 2.05) is 13.0 Å². The fraction of sp³-hybridized carbons (Fsp3) is 0.250. The van der Waals surface area contributed by atoms with Crippen molar-refractivity contribution in [3.8, 4) is 17.0 Å². The second-order valence-electron chi connectivity index (χ2n) is 3.69. The number of rotatable bonds is 2. The number of hydrogen-bond donors (Lipinski definition) is 2. The van der Waals surface area contributed by atoms with Gasteiger partial charge in [0.25, 0.3) is 0 Å². The number of aromatic nitrogens is 1. The van der Waals surface area contributed by atoms with E-state index in [9.17, 15) is 5.11 Å². The minimum absolute atomic E-state index is 0.212. The number of aryl methyl sites for hydroxylation is 2. The van der Waals surface area contributed by atoms with Gasteiger partial charge in [0.1, 0.15) is 17.2 Å². The van der Waals surface area contributed by atoms with Crippen molar-refractivity contribution < 1.29 is 9.52 Å². The van der Waals surface area contributed by atoms with Crippen LogP contribution in [-0.2, 0) is 6.54 Å². The summed E-state index contributed by atoms with van der Waals surface area (Å²) in [4.78, 5) is 4.30. The molecular formula is C12H14N2O2. The summed E-state index contributed by atoms with van der Waals surface area (Å²) in [5.74, 6) is 1.62. The molecule has 0 aliphatic carbocycles. The van der Waals surface area contributed by atoms with Gasteiger partial charge in [-0.05, 0) is 25.1 Å². The van der Waals surface area contributed by atoms with Crippen molar-refractivity contribution in [2.75, 3.05) is 0 Å². The smallest absolute Gasteiger partial charge is 0.191 e. The zero-order chi connectivity index (χ0) is 11.7. The van der Waals surface area contributed by atoms with Crippen molar-refractivity contribution >= 4 is 0 Å². The third kappa shape index (κ3) is 1.79. The van der Waals surface area contributed by atoms with Crippen LogP contribution in [0.4, 0.5) is 0 Å². The number of hydrogen-bond acceptors (Lipinski definition) is 4. The molecule has 16 heavy (non-hydrogen) atoms. The van der Waals surface area contributed by atoms with Crippen molar-refractivity contribution in [3.63, 3.8) is 0 Å². The monoisotopic (exact) mass is 218 g/mol. The minimum atomic E-state index is 0.212. The summed E-state index contributed by atoms with van der Waals surface area (Å²) in [6, 6.07) is 5.26. The lowest BCUT2D eigenvalue weighted by Gasteiger charge is -2.04. The van der Waals surface area contributed by atoms with E-state index in [0.29, 0.717) is 18.0 Å². The first-order valence-electron chi connectivity index (χ1n) is 5.08. The van der Waals surface area contributed by atoms with E-state index in [1.54, 1.807) is 19.1 Å². The molecule has 0 saturated heterocycles. The van der Waals surface area contributed by atoms with Gasteiger partial charge in [0.15, 0.2) is 5.89 Å². The van der Waals surface area contributed by atoms with Gasteiger partial charge in [0.05, 0.1) is 0 Å². The first-order chi connectivity index (χ1) is 7.61. The third-order valence-electron chi connectivity index (χ3n) is 2.48. The fourth-order valence-corrected chi connectivity index (χ4v) is 1.69. The van der Waals surface area contributed by atoms with Crippen LogP contribution in [0, 0.1) is 13.8 Å². The Balaban J connectivity index is 2.52. The van der Waals surface area contributed by atoms with E-state index in [2.05, 4.69) is 4.98 Å². The molecule has 1 heterocycles. The molecule has 84 valence electrons. The average molecular weight is 218 g/mol. The van der Waals surface area contributed by atoms with Gasteiger partial charge in [-0.15, -0.1) is 0 Å². The molecule has 0 unspecified atom stereocenters. The van der Waals surface area contributed by atoms with Crippen molar-refractivity contribution in [2.45, 2.75) is 20.4 Å². The van der Waals surface area contributed by atoms with E-state index in [4.69, 9.17) is 10.2 Å². The topological polar surface area (TPSA) is 72.3 Å². The second-order valence-corrected chi connectivity index (χ2v) is 3.69. The van der Waals surface area contributed by atoms with Crippen molar-refractivity contribution in [3.05, 3.63) is 35.4 Å². The molecule has 0 aliphatic rings. The lowest BCUT2D eigenvalue weighted by molar-refractivity contribution is 0.468. The van der Waals surface area contributed by atoms with Gasteiger partial charge >= 0.3 is 0 Å². The molecule has 0 spiro atoms. The molecule has 0 bridgehead atoms. The Morgan fingerprint density at radius 3 is 2.69 bits per heavy atom. The van der Waals surface area contributed by atoms with Gasteiger partial charge in [0.2, 0.25) is 0 Å². The first-order valence-corrected chi connectivity index (χ1v) is 5.08. The van der Waals surface area contributed by atoms with Crippen LogP contribution in [0.5, 0.6) is 5.75 Å². The normalized spacial score (nSPS) is 10.7. The lowest BCUT2D eigenvalue weighted by atomic mass is 10.1. The third-order valence-corrected chi connectivity index (χ3v) is 2.48. The summed E-state index contributed by atoms with van der Waals surface area (Å²) >= 11 is 0. The maximum atomic E-state index is 9.53. The van der Waals surface area contributed by atoms with Crippen LogP contribution in [0.1, 0.15) is 17.2 Å². The standard InChI is InChI=1S/C12H14N2O2/c1-7-12(14-8(2)16-7)9-3-4-11(15)10(5-9)6-13/h3-5,15H,6,13H2,1-2H3. The molecule has 2 aromatic rings. The minimum Gasteiger partial charge on any atom is -0.508 e. The summed E-state index contributed by atoms with van der Waals surface area (Å²) in [5.41, 5.74) is 7.95. The summed E-state index contributed by atoms with van der Waals surface area (Å²) in [6.07, 6.45) is 0. The van der Waals surface area contributed by atoms with E-state index in [0.717, 1.165) is 17.0 Å². The highest BCUT2D eigenvalue weighted by Crippen LogP contribution is 2.27. The molecule has 0 radical (unpaired) electrons. The van der Waals surface area contributed by atoms with E-state index in [1.165, 1.54) is 0 Å². The van der Waals surface area contributed by atoms with Gasteiger partial charge in [0, 0.05) is 24.6 Å². The molecule has 0 fully saturated rings. The van der Waals surface area contributed by atoms with Crippen LogP contribution in [-0.4, -0.2) is 10.1 Å². The molecule has 0 saturated carbocycles. The van der Waals surface area contributed by atoms with E-state index >= 15 is 0 Å². The molecule has 0 amide bonds. The molecule has 4 heteroatoms. The maximum Gasteiger partial charge on any atom is 0.191 e. The van der Waals surface area contributed by atoms with Crippen LogP contribution in [0.15, 0.2) is 22.6 Å². The van der Waals surface area contributed by atoms with Crippen LogP contribution < -0.4 is 5.73 Å². The zero-order valence-electron chi connectivity index (χ0n) is 9.32. The molecule has 0 atom stereocenters. The first kappa shape index (κ1) is 10.7. The molecule has 1 aromatic carbocycles. The fourth-order valence-electron chi connectivity index (χ4n) is 1.69. The Morgan fingerprint density at radius 1 is 1.38 bits per heavy atom. The highest BCUT2D eigenvalue weighted by Gasteiger charge is 2.10. The highest BCUT2D eigenvalue weighted by atomic mass is 16.4. The molecule has 3 N–H and O–H groups in total. The number of benzene rings is 1. The van der Waals surface area contributed by atoms with Crippen molar-refractivity contribution in [2.24, 2.45) is 5.73 Å². The molecular weight excluding hydrogens is 204 g/mol. The van der Waals surface area contributed by atoms with E-state index < -0.39 is 0 Å². The predicted octanol–water partition coefficient (Wildman–Crippen LogP) is 2.12. The Labute approximate surface area is 93.7 Å². The van der Waals surface area contributed by atoms with Crippen molar-refractivity contribution in [1.29, 1.82) is 0 Å². The van der Waals surface area contributed by atoms with Gasteiger partial charge in [-0.3, -0.25) is 0 Å². The number of phenolic OH excluding ortho intramolecular Hbond substituents is 1. The average Bonchev–Trinajstić information content (AvgIpc) is 2.59. The number of phenols is 1. The number of nitrogens with zero attached hydrogens (tertiary/aromatic N) is 1. The Morgan fingerprint density at radius 2 is 2.12 bits per heavy atom. The Kier molecular flexibility index (Phi) is 2.66. The van der Waals surface area contributed by atoms with Crippen LogP contribution in [0.2, 0.25) is 0 Å². The quantitative estimate of drug-likeness (QED) is 0.809. The van der Waals surface area contributed by atoms with Crippen molar-refractivity contribution in [1.82, 2.24) is 4.98 Å². The van der Waals surface area contributed by atoms with Gasteiger partial charge < -0.3 is 15.3 Å². The molecule has 2 rings (SSSR count).